The second kappa shape index (κ2) is 60.0. The Kier molecular flexibility index (Phi) is 56.2. The lowest BCUT2D eigenvalue weighted by Crippen LogP contribution is -2.60. The van der Waals surface area contributed by atoms with Gasteiger partial charge in [-0.05, 0) is 96.3 Å². The number of hydrogen-bond acceptors (Lipinski definition) is 8. The molecule has 0 saturated carbocycles. The Morgan fingerprint density at radius 1 is 0.432 bits per heavy atom. The SMILES string of the molecule is CC/C=C\C/C=C\C/C=C\C/C=C\C/C=C\C/C=C\CCCCCCCCCCCCCCCCCCCCC(=O)NC(COC1OC(CO)C(O)C(O)C1O)C(O)/C=C/CC/C=C/CC/C=C/CCCCCCCCCCCCC. The Bertz CT molecular complexity index is 1640. The molecule has 9 heteroatoms. The number of ether oxygens (including phenoxy) is 2. The molecule has 7 unspecified atom stereocenters. The van der Waals surface area contributed by atoms with Gasteiger partial charge in [0, 0.05) is 6.42 Å². The van der Waals surface area contributed by atoms with Crippen LogP contribution in [0.4, 0.5) is 0 Å². The van der Waals surface area contributed by atoms with Crippen molar-refractivity contribution in [2.75, 3.05) is 13.2 Å². The fourth-order valence-corrected chi connectivity index (χ4v) is 10.1. The van der Waals surface area contributed by atoms with Crippen LogP contribution in [0.5, 0.6) is 0 Å². The number of carbonyl (C=O) groups excluding carboxylic acids is 1. The molecular weight excluding hydrogens is 1010 g/mol. The van der Waals surface area contributed by atoms with Crippen LogP contribution >= 0.6 is 0 Å². The predicted molar refractivity (Wildman–Crippen MR) is 345 cm³/mol. The molecule has 6 N–H and O–H groups in total. The van der Waals surface area contributed by atoms with Crippen LogP contribution in [0.3, 0.4) is 0 Å². The van der Waals surface area contributed by atoms with Crippen molar-refractivity contribution < 1.29 is 39.8 Å². The maximum atomic E-state index is 13.1. The van der Waals surface area contributed by atoms with E-state index in [1.807, 2.05) is 6.08 Å². The number of amides is 1. The molecule has 1 aliphatic heterocycles. The number of unbranched alkanes of at least 4 members (excludes halogenated alkanes) is 31. The smallest absolute Gasteiger partial charge is 0.220 e. The first-order chi connectivity index (χ1) is 39.8. The van der Waals surface area contributed by atoms with E-state index in [9.17, 15) is 30.3 Å². The van der Waals surface area contributed by atoms with Gasteiger partial charge in [-0.2, -0.15) is 0 Å². The molecule has 0 aromatic heterocycles. The molecule has 81 heavy (non-hydrogen) atoms. The topological polar surface area (TPSA) is 149 Å². The van der Waals surface area contributed by atoms with Crippen LogP contribution in [0, 0.1) is 0 Å². The van der Waals surface area contributed by atoms with Gasteiger partial charge in [-0.3, -0.25) is 4.79 Å². The van der Waals surface area contributed by atoms with E-state index in [0.29, 0.717) is 6.42 Å². The number of allylic oxidation sites excluding steroid dienone is 17. The number of aliphatic hydroxyl groups excluding tert-OH is 5. The molecule has 0 aromatic rings. The van der Waals surface area contributed by atoms with Crippen LogP contribution in [0.15, 0.2) is 109 Å². The standard InChI is InChI=1S/C72H125NO8/c1-3-5-7-9-11-13-15-17-19-21-23-25-26-27-28-29-30-31-32-33-34-35-36-37-38-39-40-42-44-46-48-50-52-54-56-58-60-62-68(76)73-65(64-80-72-71(79)70(78)69(77)67(63-74)81-72)66(75)61-59-57-55-53-51-49-47-45-43-41-24-22-20-18-16-14-12-10-8-6-4-2/h5,7,11,13,17,19,23,25,27-28,30-31,43,45,51,53,59,61,65-67,69-72,74-75,77-79H,3-4,6,8-10,12,14-16,18,20-22,24,26,29,32-42,44,46-50,52,54-58,60,62-64H2,1-2H3,(H,73,76)/b7-5-,13-11-,19-17-,25-23-,28-27-,31-30-,45-43+,53-51+,61-59+. The highest BCUT2D eigenvalue weighted by atomic mass is 16.7. The van der Waals surface area contributed by atoms with Crippen LogP contribution in [-0.2, 0) is 14.3 Å². The molecule has 466 valence electrons. The Morgan fingerprint density at radius 3 is 1.19 bits per heavy atom. The average molecular weight is 1130 g/mol. The van der Waals surface area contributed by atoms with Crippen molar-refractivity contribution >= 4 is 5.91 Å². The van der Waals surface area contributed by atoms with Crippen molar-refractivity contribution in [3.8, 4) is 0 Å². The third-order valence-electron chi connectivity index (χ3n) is 15.3. The van der Waals surface area contributed by atoms with E-state index in [-0.39, 0.29) is 12.5 Å². The quantitative estimate of drug-likeness (QED) is 0.0261. The molecular formula is C72H125NO8. The van der Waals surface area contributed by atoms with Crippen LogP contribution < -0.4 is 5.32 Å². The van der Waals surface area contributed by atoms with E-state index >= 15 is 0 Å². The average Bonchev–Trinajstić information content (AvgIpc) is 3.49. The van der Waals surface area contributed by atoms with Crippen LogP contribution in [0.25, 0.3) is 0 Å². The molecule has 1 saturated heterocycles. The molecule has 1 amide bonds. The monoisotopic (exact) mass is 1130 g/mol. The number of hydrogen-bond donors (Lipinski definition) is 6. The Hall–Kier alpha value is -3.15. The fourth-order valence-electron chi connectivity index (χ4n) is 10.1. The molecule has 1 fully saturated rings. The number of carbonyl (C=O) groups is 1. The van der Waals surface area contributed by atoms with Gasteiger partial charge in [-0.1, -0.05) is 290 Å². The first kappa shape index (κ1) is 75.9. The molecule has 0 aliphatic carbocycles. The predicted octanol–water partition coefficient (Wildman–Crippen LogP) is 18.1. The van der Waals surface area contributed by atoms with E-state index < -0.39 is 49.5 Å². The van der Waals surface area contributed by atoms with Gasteiger partial charge in [-0.25, -0.2) is 0 Å². The molecule has 0 bridgehead atoms. The summed E-state index contributed by atoms with van der Waals surface area (Å²) in [5.74, 6) is -0.191. The molecule has 0 spiro atoms. The summed E-state index contributed by atoms with van der Waals surface area (Å²) >= 11 is 0. The van der Waals surface area contributed by atoms with Crippen LogP contribution in [-0.4, -0.2) is 87.5 Å². The summed E-state index contributed by atoms with van der Waals surface area (Å²) in [5.41, 5.74) is 0. The van der Waals surface area contributed by atoms with E-state index in [4.69, 9.17) is 9.47 Å². The van der Waals surface area contributed by atoms with Crippen LogP contribution in [0.1, 0.15) is 284 Å². The molecule has 1 rings (SSSR count). The minimum atomic E-state index is -1.58. The summed E-state index contributed by atoms with van der Waals surface area (Å²) < 4.78 is 11.3. The van der Waals surface area contributed by atoms with E-state index in [1.165, 1.54) is 180 Å². The van der Waals surface area contributed by atoms with Gasteiger partial charge in [0.05, 0.1) is 25.4 Å². The van der Waals surface area contributed by atoms with Gasteiger partial charge in [-0.15, -0.1) is 0 Å². The van der Waals surface area contributed by atoms with Crippen molar-refractivity contribution in [2.45, 2.75) is 326 Å². The number of rotatable bonds is 57. The van der Waals surface area contributed by atoms with E-state index in [1.54, 1.807) is 6.08 Å². The zero-order valence-corrected chi connectivity index (χ0v) is 52.0. The molecule has 1 heterocycles. The Labute approximate surface area is 497 Å². The summed E-state index contributed by atoms with van der Waals surface area (Å²) in [5, 5.41) is 54.6. The lowest BCUT2D eigenvalue weighted by Gasteiger charge is -2.40. The highest BCUT2D eigenvalue weighted by Gasteiger charge is 2.44. The molecule has 7 atom stereocenters. The van der Waals surface area contributed by atoms with Gasteiger partial charge in [0.25, 0.3) is 0 Å². The summed E-state index contributed by atoms with van der Waals surface area (Å²) in [4.78, 5) is 13.1. The van der Waals surface area contributed by atoms with Gasteiger partial charge >= 0.3 is 0 Å². The van der Waals surface area contributed by atoms with E-state index in [0.717, 1.165) is 83.5 Å². The van der Waals surface area contributed by atoms with Crippen molar-refractivity contribution in [3.05, 3.63) is 109 Å². The summed E-state index contributed by atoms with van der Waals surface area (Å²) in [6, 6.07) is -0.834. The third-order valence-corrected chi connectivity index (χ3v) is 15.3. The van der Waals surface area contributed by atoms with Gasteiger partial charge in [0.2, 0.25) is 5.91 Å². The van der Waals surface area contributed by atoms with Gasteiger partial charge in [0.15, 0.2) is 6.29 Å². The van der Waals surface area contributed by atoms with Crippen molar-refractivity contribution in [2.24, 2.45) is 0 Å². The lowest BCUT2D eigenvalue weighted by atomic mass is 9.99. The normalized spacial score (nSPS) is 19.1. The lowest BCUT2D eigenvalue weighted by molar-refractivity contribution is -0.302. The van der Waals surface area contributed by atoms with E-state index in [2.05, 4.69) is 116 Å². The molecule has 1 aliphatic rings. The summed E-state index contributed by atoms with van der Waals surface area (Å²) in [7, 11) is 0. The maximum absolute atomic E-state index is 13.1. The first-order valence-electron chi connectivity index (χ1n) is 33.6. The second-order valence-electron chi connectivity index (χ2n) is 22.9. The number of nitrogens with one attached hydrogen (secondary N) is 1. The summed E-state index contributed by atoms with van der Waals surface area (Å²) in [6.07, 6.45) is 81.8. The summed E-state index contributed by atoms with van der Waals surface area (Å²) in [6.45, 7) is 3.66. The third kappa shape index (κ3) is 48.9. The highest BCUT2D eigenvalue weighted by molar-refractivity contribution is 5.76. The van der Waals surface area contributed by atoms with Crippen molar-refractivity contribution in [3.63, 3.8) is 0 Å². The fraction of sp³-hybridized carbons (Fsp3) is 0.736. The van der Waals surface area contributed by atoms with Crippen LogP contribution in [0.2, 0.25) is 0 Å². The van der Waals surface area contributed by atoms with Gasteiger partial charge in [0.1, 0.15) is 24.4 Å². The zero-order valence-electron chi connectivity index (χ0n) is 52.0. The van der Waals surface area contributed by atoms with Gasteiger partial charge < -0.3 is 40.3 Å². The second-order valence-corrected chi connectivity index (χ2v) is 22.9. The largest absolute Gasteiger partial charge is 0.394 e. The number of aliphatic hydroxyl groups is 5. The minimum absolute atomic E-state index is 0.191. The highest BCUT2D eigenvalue weighted by Crippen LogP contribution is 2.23. The van der Waals surface area contributed by atoms with Crippen molar-refractivity contribution in [1.29, 1.82) is 0 Å². The first-order valence-corrected chi connectivity index (χ1v) is 33.6. The Balaban J connectivity index is 2.14. The molecule has 0 aromatic carbocycles. The molecule has 9 nitrogen and oxygen atoms in total. The Morgan fingerprint density at radius 2 is 0.778 bits per heavy atom. The maximum Gasteiger partial charge on any atom is 0.220 e. The van der Waals surface area contributed by atoms with Crippen molar-refractivity contribution in [1.82, 2.24) is 5.32 Å². The molecule has 0 radical (unpaired) electrons. The minimum Gasteiger partial charge on any atom is -0.394 e. The zero-order chi connectivity index (χ0) is 58.6.